The molecule has 0 radical (unpaired) electrons. The third-order valence-electron chi connectivity index (χ3n) is 23.9. The van der Waals surface area contributed by atoms with E-state index in [1.165, 1.54) is 199 Å². The number of aromatic nitrogens is 1. The van der Waals surface area contributed by atoms with Gasteiger partial charge in [-0.3, -0.25) is 0 Å². The molecule has 0 N–H and O–H groups in total. The smallest absolute Gasteiger partial charge is 0.252 e. The number of nitrogens with zero attached hydrogens (tertiary/aromatic N) is 3. The molecule has 0 aliphatic carbocycles. The average molecular weight is 1420 g/mol. The van der Waals surface area contributed by atoms with Crippen molar-refractivity contribution in [2.45, 2.75) is 40.0 Å². The van der Waals surface area contributed by atoms with E-state index < -0.39 is 0 Å². The first-order valence-electron chi connectivity index (χ1n) is 39.4. The second kappa shape index (κ2) is 26.8. The summed E-state index contributed by atoms with van der Waals surface area (Å²) in [5.74, 6) is 0. The molecule has 2 aliphatic rings. The first-order chi connectivity index (χ1) is 54.7. The molecule has 0 spiro atoms. The van der Waals surface area contributed by atoms with E-state index in [9.17, 15) is 0 Å². The van der Waals surface area contributed by atoms with Gasteiger partial charge in [-0.15, -0.1) is 0 Å². The first kappa shape index (κ1) is 66.0. The Kier molecular flexibility index (Phi) is 16.0. The second-order valence-corrected chi connectivity index (χ2v) is 31.8. The Balaban J connectivity index is 0.826. The Bertz CT molecular complexity index is 6600. The number of fused-ring (bicyclic) bond motifs is 9. The van der Waals surface area contributed by atoms with Crippen molar-refractivity contribution in [1.29, 1.82) is 0 Å². The summed E-state index contributed by atoms with van der Waals surface area (Å²) >= 11 is 0. The lowest BCUT2D eigenvalue weighted by molar-refractivity contribution is 0.411. The highest BCUT2D eigenvalue weighted by atomic mass is 15.2. The molecular weight excluding hydrogens is 1340 g/mol. The fourth-order valence-corrected chi connectivity index (χ4v) is 19.2. The van der Waals surface area contributed by atoms with Crippen molar-refractivity contribution in [3.05, 3.63) is 387 Å². The molecule has 3 heterocycles. The van der Waals surface area contributed by atoms with Gasteiger partial charge in [-0.2, -0.15) is 0 Å². The van der Waals surface area contributed by atoms with Gasteiger partial charge < -0.3 is 14.4 Å². The van der Waals surface area contributed by atoms with Crippen LogP contribution in [-0.2, 0) is 19.3 Å². The molecule has 4 heteroatoms. The molecule has 0 unspecified atom stereocenters. The summed E-state index contributed by atoms with van der Waals surface area (Å²) < 4.78 is 2.52. The van der Waals surface area contributed by atoms with Gasteiger partial charge in [0.05, 0.1) is 11.0 Å². The average Bonchev–Trinajstić information content (AvgIpc) is 0.963. The monoisotopic (exact) mass is 1420 g/mol. The number of benzene rings is 18. The van der Waals surface area contributed by atoms with Gasteiger partial charge in [0, 0.05) is 52.3 Å². The normalized spacial score (nSPS) is 12.6. The predicted octanol–water partition coefficient (Wildman–Crippen LogP) is 26.0. The van der Waals surface area contributed by atoms with E-state index in [1.54, 1.807) is 0 Å². The lowest BCUT2D eigenvalue weighted by Crippen LogP contribution is -2.62. The maximum atomic E-state index is 2.78. The largest absolute Gasteiger partial charge is 0.342 e. The molecule has 111 heavy (non-hydrogen) atoms. The Morgan fingerprint density at radius 1 is 0.270 bits per heavy atom. The van der Waals surface area contributed by atoms with Gasteiger partial charge in [0.1, 0.15) is 0 Å². The molecular formula is C107H80BN3. The lowest BCUT2D eigenvalue weighted by atomic mass is 9.33. The van der Waals surface area contributed by atoms with E-state index in [-0.39, 0.29) is 12.1 Å². The summed E-state index contributed by atoms with van der Waals surface area (Å²) in [4.78, 5) is 5.55. The van der Waals surface area contributed by atoms with Crippen molar-refractivity contribution in [1.82, 2.24) is 4.57 Å². The van der Waals surface area contributed by atoms with Crippen LogP contribution in [-0.4, -0.2) is 24.4 Å². The molecule has 2 aliphatic heterocycles. The van der Waals surface area contributed by atoms with E-state index in [0.717, 1.165) is 31.5 Å². The highest BCUT2D eigenvalue weighted by molar-refractivity contribution is 7.00. The van der Waals surface area contributed by atoms with Crippen molar-refractivity contribution in [2.24, 2.45) is 5.41 Å². The molecule has 0 saturated carbocycles. The van der Waals surface area contributed by atoms with Gasteiger partial charge in [0.2, 0.25) is 0 Å². The topological polar surface area (TPSA) is 11.4 Å². The van der Waals surface area contributed by atoms with E-state index in [1.807, 2.05) is 0 Å². The van der Waals surface area contributed by atoms with Crippen LogP contribution in [0.4, 0.5) is 22.7 Å². The van der Waals surface area contributed by atoms with Crippen LogP contribution < -0.4 is 26.2 Å². The SMILES string of the molecule is CC(C)(C)Cc1cc2c3c(c1)N(CCc1c(-c4ccccc4)cc(-c4ccccc4)cc1-c1ccccc1)c1cc(-n4c5ccccc5c5ccccc54)ccc1B3c1cc(-c3ccc4c5cccc6cccc(c7cccc3c74)c65)ccc1N2CCc1c(-c2ccccc2)cc(-c2ccccc2)cc1-c1ccccc1. The molecule has 3 nitrogen and oxygen atoms in total. The zero-order valence-corrected chi connectivity index (χ0v) is 62.7. The quantitative estimate of drug-likeness (QED) is 0.0576. The molecule has 0 bridgehead atoms. The van der Waals surface area contributed by atoms with Crippen LogP contribution in [0.15, 0.2) is 370 Å². The maximum absolute atomic E-state index is 2.78. The summed E-state index contributed by atoms with van der Waals surface area (Å²) in [7, 11) is 0. The fourth-order valence-electron chi connectivity index (χ4n) is 19.2. The number of para-hydroxylation sites is 2. The van der Waals surface area contributed by atoms with Crippen LogP contribution in [0.2, 0.25) is 0 Å². The van der Waals surface area contributed by atoms with Crippen molar-refractivity contribution in [3.8, 4) is 83.6 Å². The minimum atomic E-state index is -0.150. The third kappa shape index (κ3) is 11.3. The van der Waals surface area contributed by atoms with Gasteiger partial charge in [0.15, 0.2) is 0 Å². The van der Waals surface area contributed by atoms with Crippen molar-refractivity contribution in [2.75, 3.05) is 22.9 Å². The number of anilines is 4. The summed E-state index contributed by atoms with van der Waals surface area (Å²) in [6, 6.07) is 140. The van der Waals surface area contributed by atoms with E-state index >= 15 is 0 Å². The summed E-state index contributed by atoms with van der Waals surface area (Å²) in [6.45, 7) is 8.49. The van der Waals surface area contributed by atoms with Gasteiger partial charge >= 0.3 is 0 Å². The van der Waals surface area contributed by atoms with Crippen molar-refractivity contribution >= 4 is 111 Å². The van der Waals surface area contributed by atoms with E-state index in [0.29, 0.717) is 6.54 Å². The summed E-state index contributed by atoms with van der Waals surface area (Å²) in [5, 5.41) is 12.9. The van der Waals surface area contributed by atoms with Crippen molar-refractivity contribution < 1.29 is 0 Å². The van der Waals surface area contributed by atoms with Crippen LogP contribution in [0.3, 0.4) is 0 Å². The standard InChI is InChI=1S/C107H80BN3/c1-107(2,3)69-70-61-102-106-103(62-70)110(60-58-84-94(75-37-18-8-19-38-75)65-80(72-31-12-5-13-32-72)66-95(84)76-39-20-9-21-40-76)101-68-81(111-98-49-24-22-43-85(98)86-44-23-25-50-99(86)111)52-55-96(101)108(106)97-67-78(82-53-54-91-89-46-27-42-77-41-26-45-88(104(77)89)90-48-28-47-87(82)105(90)91)51-56-100(97)109(102)59-57-83-92(73-33-14-6-15-34-73)63-79(71-29-10-4-11-30-71)64-93(83)74-35-16-7-17-36-74/h4-56,61-68H,57-60,69H2,1-3H3. The minimum absolute atomic E-state index is 0.0354. The van der Waals surface area contributed by atoms with E-state index in [2.05, 4.69) is 405 Å². The lowest BCUT2D eigenvalue weighted by Gasteiger charge is -2.45. The zero-order chi connectivity index (χ0) is 73.8. The molecule has 21 rings (SSSR count). The Hall–Kier alpha value is -13.3. The molecule has 0 amide bonds. The molecule has 19 aromatic rings. The molecule has 1 aromatic heterocycles. The predicted molar refractivity (Wildman–Crippen MR) is 475 cm³/mol. The van der Waals surface area contributed by atoms with Crippen LogP contribution >= 0.6 is 0 Å². The number of hydrogen-bond acceptors (Lipinski definition) is 2. The van der Waals surface area contributed by atoms with Crippen molar-refractivity contribution in [3.63, 3.8) is 0 Å². The molecule has 0 fully saturated rings. The highest BCUT2D eigenvalue weighted by Crippen LogP contribution is 2.48. The Labute approximate surface area is 649 Å². The molecule has 0 saturated heterocycles. The number of hydrogen-bond donors (Lipinski definition) is 0. The molecule has 0 atom stereocenters. The third-order valence-corrected chi connectivity index (χ3v) is 23.9. The minimum Gasteiger partial charge on any atom is -0.342 e. The van der Waals surface area contributed by atoms with E-state index in [4.69, 9.17) is 0 Å². The molecule has 18 aromatic carbocycles. The van der Waals surface area contributed by atoms with Gasteiger partial charge in [0.25, 0.3) is 6.71 Å². The fraction of sp³-hybridized carbons (Fsp3) is 0.0841. The Morgan fingerprint density at radius 3 is 1.17 bits per heavy atom. The van der Waals surface area contributed by atoms with Crippen LogP contribution in [0.1, 0.15) is 37.5 Å². The van der Waals surface area contributed by atoms with Gasteiger partial charge in [-0.05, 0) is 245 Å². The van der Waals surface area contributed by atoms with Crippen LogP contribution in [0.5, 0.6) is 0 Å². The summed E-state index contributed by atoms with van der Waals surface area (Å²) in [6.07, 6.45) is 2.41. The number of rotatable bonds is 15. The summed E-state index contributed by atoms with van der Waals surface area (Å²) in [5.41, 5.74) is 33.6. The first-order valence-corrected chi connectivity index (χ1v) is 39.4. The highest BCUT2D eigenvalue weighted by Gasteiger charge is 2.44. The van der Waals surface area contributed by atoms with Gasteiger partial charge in [-0.25, -0.2) is 0 Å². The van der Waals surface area contributed by atoms with Crippen LogP contribution in [0.25, 0.3) is 148 Å². The second-order valence-electron chi connectivity index (χ2n) is 31.8. The van der Waals surface area contributed by atoms with Crippen LogP contribution in [0, 0.1) is 5.41 Å². The maximum Gasteiger partial charge on any atom is 0.252 e. The zero-order valence-electron chi connectivity index (χ0n) is 62.7. The Morgan fingerprint density at radius 2 is 0.685 bits per heavy atom. The molecule has 526 valence electrons. The van der Waals surface area contributed by atoms with Gasteiger partial charge in [-0.1, -0.05) is 324 Å².